The Morgan fingerprint density at radius 2 is 1.82 bits per heavy atom. The first kappa shape index (κ1) is 11.5. The third-order valence-electron chi connectivity index (χ3n) is 2.67. The van der Waals surface area contributed by atoms with E-state index in [-0.39, 0.29) is 5.78 Å². The number of Topliss-reactive ketones (excluding diaryl/α,β-unsaturated/α-hetero) is 1. The zero-order chi connectivity index (χ0) is 12.1. The average molecular weight is 225 g/mol. The van der Waals surface area contributed by atoms with Gasteiger partial charge in [-0.15, -0.1) is 0 Å². The van der Waals surface area contributed by atoms with Crippen LogP contribution >= 0.6 is 0 Å². The van der Waals surface area contributed by atoms with E-state index in [2.05, 4.69) is 23.2 Å². The number of ketones is 1. The maximum absolute atomic E-state index is 10.9. The van der Waals surface area contributed by atoms with Gasteiger partial charge in [0.1, 0.15) is 5.78 Å². The van der Waals surface area contributed by atoms with Crippen molar-refractivity contribution < 1.29 is 4.79 Å². The first-order valence-electron chi connectivity index (χ1n) is 5.75. The molecule has 1 aromatic carbocycles. The average Bonchev–Trinajstić information content (AvgIpc) is 2.38. The van der Waals surface area contributed by atoms with Crippen LogP contribution in [0.15, 0.2) is 48.7 Å². The molecule has 0 radical (unpaired) electrons. The van der Waals surface area contributed by atoms with Crippen molar-refractivity contribution in [3.05, 3.63) is 54.4 Å². The Bertz CT molecular complexity index is 488. The normalized spacial score (nSPS) is 10.2. The number of benzene rings is 1. The number of carbonyl (C=O) groups excluding carboxylic acids is 1. The highest BCUT2D eigenvalue weighted by Gasteiger charge is 2.00. The zero-order valence-electron chi connectivity index (χ0n) is 9.89. The minimum Gasteiger partial charge on any atom is -0.300 e. The summed E-state index contributed by atoms with van der Waals surface area (Å²) in [5, 5.41) is 0. The number of pyridine rings is 1. The van der Waals surface area contributed by atoms with Crippen LogP contribution in [0.1, 0.15) is 19.0 Å². The lowest BCUT2D eigenvalue weighted by atomic mass is 10.1. The fourth-order valence-corrected chi connectivity index (χ4v) is 1.68. The second kappa shape index (κ2) is 5.39. The Hall–Kier alpha value is -1.96. The number of carbonyl (C=O) groups is 1. The Labute approximate surface area is 101 Å². The minimum absolute atomic E-state index is 0.207. The van der Waals surface area contributed by atoms with Crippen LogP contribution < -0.4 is 0 Å². The van der Waals surface area contributed by atoms with Crippen LogP contribution in [0.25, 0.3) is 11.1 Å². The van der Waals surface area contributed by atoms with Crippen LogP contribution in [0.3, 0.4) is 0 Å². The SMILES string of the molecule is CC(=O)CCc1ccc(-c2ccccc2)cn1. The highest BCUT2D eigenvalue weighted by atomic mass is 16.1. The molecule has 1 heterocycles. The van der Waals surface area contributed by atoms with Gasteiger partial charge in [0.05, 0.1) is 0 Å². The van der Waals surface area contributed by atoms with Gasteiger partial charge in [0.2, 0.25) is 0 Å². The van der Waals surface area contributed by atoms with Crippen molar-refractivity contribution in [2.24, 2.45) is 0 Å². The molecule has 2 aromatic rings. The van der Waals surface area contributed by atoms with Gasteiger partial charge in [0, 0.05) is 23.9 Å². The molecule has 2 nitrogen and oxygen atoms in total. The highest BCUT2D eigenvalue weighted by molar-refractivity contribution is 5.75. The summed E-state index contributed by atoms with van der Waals surface area (Å²) in [5.41, 5.74) is 3.25. The molecule has 2 heteroatoms. The number of hydrogen-bond acceptors (Lipinski definition) is 2. The van der Waals surface area contributed by atoms with Gasteiger partial charge in [-0.05, 0) is 25.0 Å². The Morgan fingerprint density at radius 1 is 1.06 bits per heavy atom. The van der Waals surface area contributed by atoms with Crippen LogP contribution in [-0.2, 0) is 11.2 Å². The Morgan fingerprint density at radius 3 is 2.41 bits per heavy atom. The molecule has 0 spiro atoms. The first-order valence-corrected chi connectivity index (χ1v) is 5.75. The summed E-state index contributed by atoms with van der Waals surface area (Å²) in [6.07, 6.45) is 3.16. The fraction of sp³-hybridized carbons (Fsp3) is 0.200. The van der Waals surface area contributed by atoms with Gasteiger partial charge in [0.15, 0.2) is 0 Å². The van der Waals surface area contributed by atoms with Gasteiger partial charge >= 0.3 is 0 Å². The molecule has 1 aromatic heterocycles. The molecule has 0 unspecified atom stereocenters. The molecule has 0 bridgehead atoms. The highest BCUT2D eigenvalue weighted by Crippen LogP contribution is 2.17. The van der Waals surface area contributed by atoms with Gasteiger partial charge in [-0.3, -0.25) is 4.98 Å². The lowest BCUT2D eigenvalue weighted by Crippen LogP contribution is -1.96. The molecule has 2 rings (SSSR count). The maximum atomic E-state index is 10.9. The van der Waals surface area contributed by atoms with Crippen molar-refractivity contribution in [3.8, 4) is 11.1 Å². The third kappa shape index (κ3) is 3.25. The van der Waals surface area contributed by atoms with Crippen molar-refractivity contribution in [3.63, 3.8) is 0 Å². The lowest BCUT2D eigenvalue weighted by molar-refractivity contribution is -0.116. The number of nitrogens with zero attached hydrogens (tertiary/aromatic N) is 1. The topological polar surface area (TPSA) is 30.0 Å². The molecule has 0 aliphatic carbocycles. The van der Waals surface area contributed by atoms with Crippen molar-refractivity contribution in [1.29, 1.82) is 0 Å². The summed E-state index contributed by atoms with van der Waals surface area (Å²) >= 11 is 0. The van der Waals surface area contributed by atoms with Crippen LogP contribution in [0.4, 0.5) is 0 Å². The van der Waals surface area contributed by atoms with Crippen LogP contribution in [0.5, 0.6) is 0 Å². The molecule has 0 saturated heterocycles. The van der Waals surface area contributed by atoms with E-state index in [1.807, 2.05) is 30.5 Å². The molecular weight excluding hydrogens is 210 g/mol. The van der Waals surface area contributed by atoms with E-state index in [0.29, 0.717) is 6.42 Å². The maximum Gasteiger partial charge on any atom is 0.130 e. The van der Waals surface area contributed by atoms with E-state index in [1.165, 1.54) is 0 Å². The fourth-order valence-electron chi connectivity index (χ4n) is 1.68. The van der Waals surface area contributed by atoms with E-state index in [4.69, 9.17) is 0 Å². The monoisotopic (exact) mass is 225 g/mol. The van der Waals surface area contributed by atoms with E-state index in [1.54, 1.807) is 6.92 Å². The molecule has 17 heavy (non-hydrogen) atoms. The van der Waals surface area contributed by atoms with Crippen molar-refractivity contribution in [2.75, 3.05) is 0 Å². The molecule has 0 saturated carbocycles. The van der Waals surface area contributed by atoms with E-state index in [0.717, 1.165) is 23.2 Å². The van der Waals surface area contributed by atoms with E-state index < -0.39 is 0 Å². The molecular formula is C15H15NO. The third-order valence-corrected chi connectivity index (χ3v) is 2.67. The summed E-state index contributed by atoms with van der Waals surface area (Å²) in [7, 11) is 0. The van der Waals surface area contributed by atoms with E-state index in [9.17, 15) is 4.79 Å². The lowest BCUT2D eigenvalue weighted by Gasteiger charge is -2.02. The van der Waals surface area contributed by atoms with Gasteiger partial charge < -0.3 is 4.79 Å². The number of rotatable bonds is 4. The number of aryl methyl sites for hydroxylation is 1. The molecule has 86 valence electrons. The molecule has 0 amide bonds. The molecule has 0 aliphatic heterocycles. The zero-order valence-corrected chi connectivity index (χ0v) is 9.89. The summed E-state index contributed by atoms with van der Waals surface area (Å²) in [5.74, 6) is 0.207. The second-order valence-electron chi connectivity index (χ2n) is 4.11. The number of aromatic nitrogens is 1. The van der Waals surface area contributed by atoms with Gasteiger partial charge in [0.25, 0.3) is 0 Å². The summed E-state index contributed by atoms with van der Waals surface area (Å²) in [4.78, 5) is 15.3. The number of hydrogen-bond donors (Lipinski definition) is 0. The largest absolute Gasteiger partial charge is 0.300 e. The van der Waals surface area contributed by atoms with Gasteiger partial charge in [-0.2, -0.15) is 0 Å². The molecule has 0 atom stereocenters. The van der Waals surface area contributed by atoms with Crippen LogP contribution in [0, 0.1) is 0 Å². The summed E-state index contributed by atoms with van der Waals surface area (Å²) in [6.45, 7) is 1.61. The second-order valence-corrected chi connectivity index (χ2v) is 4.11. The Balaban J connectivity index is 2.11. The Kier molecular flexibility index (Phi) is 3.66. The van der Waals surface area contributed by atoms with Crippen molar-refractivity contribution in [2.45, 2.75) is 19.8 Å². The van der Waals surface area contributed by atoms with E-state index >= 15 is 0 Å². The van der Waals surface area contributed by atoms with Crippen molar-refractivity contribution >= 4 is 5.78 Å². The molecule has 0 fully saturated rings. The predicted octanol–water partition coefficient (Wildman–Crippen LogP) is 3.27. The molecule has 0 N–H and O–H groups in total. The smallest absolute Gasteiger partial charge is 0.130 e. The first-order chi connectivity index (χ1) is 8.25. The standard InChI is InChI=1S/C15H15NO/c1-12(17)7-9-15-10-8-14(11-16-15)13-5-3-2-4-6-13/h2-6,8,10-11H,7,9H2,1H3. The minimum atomic E-state index is 0.207. The van der Waals surface area contributed by atoms with Gasteiger partial charge in [-0.25, -0.2) is 0 Å². The van der Waals surface area contributed by atoms with Crippen LogP contribution in [-0.4, -0.2) is 10.8 Å². The quantitative estimate of drug-likeness (QED) is 0.799. The molecule has 0 aliphatic rings. The van der Waals surface area contributed by atoms with Gasteiger partial charge in [-0.1, -0.05) is 36.4 Å². The summed E-state index contributed by atoms with van der Waals surface area (Å²) < 4.78 is 0. The predicted molar refractivity (Wildman–Crippen MR) is 68.7 cm³/mol. The van der Waals surface area contributed by atoms with Crippen molar-refractivity contribution in [1.82, 2.24) is 4.98 Å². The van der Waals surface area contributed by atoms with Crippen LogP contribution in [0.2, 0.25) is 0 Å². The summed E-state index contributed by atoms with van der Waals surface area (Å²) in [6, 6.07) is 14.2.